The number of nitrogens with one attached hydrogen (secondary N) is 2. The summed E-state index contributed by atoms with van der Waals surface area (Å²) >= 11 is 0. The van der Waals surface area contributed by atoms with Crippen LogP contribution in [0.15, 0.2) is 47.1 Å². The first-order valence-electron chi connectivity index (χ1n) is 7.89. The molecule has 1 saturated heterocycles. The summed E-state index contributed by atoms with van der Waals surface area (Å²) in [6.07, 6.45) is 4.41. The second kappa shape index (κ2) is 7.65. The van der Waals surface area contributed by atoms with E-state index >= 15 is 0 Å². The van der Waals surface area contributed by atoms with E-state index in [4.69, 9.17) is 9.25 Å². The highest BCUT2D eigenvalue weighted by Gasteiger charge is 2.16. The van der Waals surface area contributed by atoms with E-state index in [9.17, 15) is 9.59 Å². The van der Waals surface area contributed by atoms with Crippen molar-refractivity contribution in [1.82, 2.24) is 5.06 Å². The van der Waals surface area contributed by atoms with Gasteiger partial charge in [-0.05, 0) is 55.7 Å². The lowest BCUT2D eigenvalue weighted by Gasteiger charge is -2.19. The first kappa shape index (κ1) is 16.1. The SMILES string of the molecule is O=C(Nc1ccc(NC(=O)N2CCCCCO2)cc1)c1ccco1. The van der Waals surface area contributed by atoms with E-state index in [-0.39, 0.29) is 17.7 Å². The molecule has 0 atom stereocenters. The number of anilines is 2. The summed E-state index contributed by atoms with van der Waals surface area (Å²) < 4.78 is 5.03. The Morgan fingerprint density at radius 3 is 2.42 bits per heavy atom. The molecule has 0 radical (unpaired) electrons. The van der Waals surface area contributed by atoms with Gasteiger partial charge in [0.05, 0.1) is 19.4 Å². The van der Waals surface area contributed by atoms with E-state index in [1.807, 2.05) is 0 Å². The molecular weight excluding hydrogens is 310 g/mol. The zero-order chi connectivity index (χ0) is 16.8. The van der Waals surface area contributed by atoms with Crippen LogP contribution >= 0.6 is 0 Å². The van der Waals surface area contributed by atoms with E-state index in [1.54, 1.807) is 36.4 Å². The molecular formula is C17H19N3O4. The van der Waals surface area contributed by atoms with E-state index in [1.165, 1.54) is 11.3 Å². The Kier molecular flexibility index (Phi) is 5.12. The molecule has 0 bridgehead atoms. The Balaban J connectivity index is 1.56. The minimum Gasteiger partial charge on any atom is -0.459 e. The first-order valence-corrected chi connectivity index (χ1v) is 7.89. The van der Waals surface area contributed by atoms with Crippen molar-refractivity contribution in [3.05, 3.63) is 48.4 Å². The van der Waals surface area contributed by atoms with E-state index in [0.717, 1.165) is 19.3 Å². The van der Waals surface area contributed by atoms with Crippen LogP contribution in [0.4, 0.5) is 16.2 Å². The molecule has 7 nitrogen and oxygen atoms in total. The molecule has 1 aromatic heterocycles. The molecule has 2 heterocycles. The fraction of sp³-hybridized carbons (Fsp3) is 0.294. The fourth-order valence-corrected chi connectivity index (χ4v) is 2.36. The average Bonchev–Trinajstić information content (AvgIpc) is 2.99. The van der Waals surface area contributed by atoms with Crippen LogP contribution in [0.25, 0.3) is 0 Å². The second-order valence-electron chi connectivity index (χ2n) is 5.43. The van der Waals surface area contributed by atoms with Crippen LogP contribution in [0.2, 0.25) is 0 Å². The van der Waals surface area contributed by atoms with Crippen LogP contribution in [-0.2, 0) is 4.84 Å². The summed E-state index contributed by atoms with van der Waals surface area (Å²) in [6.45, 7) is 1.15. The summed E-state index contributed by atoms with van der Waals surface area (Å²) in [5.41, 5.74) is 1.24. The van der Waals surface area contributed by atoms with Gasteiger partial charge >= 0.3 is 6.03 Å². The van der Waals surface area contributed by atoms with Crippen LogP contribution in [0.3, 0.4) is 0 Å². The Bertz CT molecular complexity index is 674. The van der Waals surface area contributed by atoms with Crippen LogP contribution in [0, 0.1) is 0 Å². The molecule has 7 heteroatoms. The number of hydrogen-bond donors (Lipinski definition) is 2. The van der Waals surface area contributed by atoms with Crippen molar-refractivity contribution < 1.29 is 18.8 Å². The fourth-order valence-electron chi connectivity index (χ4n) is 2.36. The van der Waals surface area contributed by atoms with Crippen molar-refractivity contribution in [3.8, 4) is 0 Å². The number of nitrogens with zero attached hydrogens (tertiary/aromatic N) is 1. The number of carbonyl (C=O) groups is 2. The smallest absolute Gasteiger partial charge is 0.345 e. The maximum Gasteiger partial charge on any atom is 0.345 e. The standard InChI is InChI=1S/C17H19N3O4/c21-16(15-5-4-11-23-15)18-13-6-8-14(9-7-13)19-17(22)20-10-2-1-3-12-24-20/h4-9,11H,1-3,10,12H2,(H,18,21)(H,19,22). The third kappa shape index (κ3) is 4.14. The van der Waals surface area contributed by atoms with Gasteiger partial charge in [-0.25, -0.2) is 9.86 Å². The summed E-state index contributed by atoms with van der Waals surface area (Å²) in [6, 6.07) is 9.80. The average molecular weight is 329 g/mol. The molecule has 0 aliphatic carbocycles. The molecule has 126 valence electrons. The molecule has 1 aliphatic rings. The normalized spacial score (nSPS) is 14.8. The van der Waals surface area contributed by atoms with Gasteiger partial charge in [0.25, 0.3) is 5.91 Å². The Labute approximate surface area is 139 Å². The van der Waals surface area contributed by atoms with Gasteiger partial charge < -0.3 is 15.1 Å². The number of hydroxylamine groups is 2. The third-order valence-electron chi connectivity index (χ3n) is 3.62. The number of urea groups is 1. The van der Waals surface area contributed by atoms with Gasteiger partial charge in [-0.3, -0.25) is 9.63 Å². The van der Waals surface area contributed by atoms with Gasteiger partial charge in [-0.15, -0.1) is 0 Å². The second-order valence-corrected chi connectivity index (χ2v) is 5.43. The highest BCUT2D eigenvalue weighted by atomic mass is 16.7. The summed E-state index contributed by atoms with van der Waals surface area (Å²) in [5.74, 6) is -0.0829. The van der Waals surface area contributed by atoms with Crippen LogP contribution in [0.5, 0.6) is 0 Å². The molecule has 2 aromatic rings. The Morgan fingerprint density at radius 2 is 1.71 bits per heavy atom. The number of rotatable bonds is 3. The lowest BCUT2D eigenvalue weighted by molar-refractivity contribution is -0.104. The number of carbonyl (C=O) groups excluding carboxylic acids is 2. The van der Waals surface area contributed by atoms with Crippen LogP contribution in [-0.4, -0.2) is 30.2 Å². The Hall–Kier alpha value is -2.80. The van der Waals surface area contributed by atoms with Gasteiger partial charge in [0, 0.05) is 11.4 Å². The molecule has 1 fully saturated rings. The van der Waals surface area contributed by atoms with Gasteiger partial charge in [0.1, 0.15) is 0 Å². The van der Waals surface area contributed by atoms with E-state index in [0.29, 0.717) is 24.5 Å². The molecule has 3 rings (SSSR count). The Morgan fingerprint density at radius 1 is 0.958 bits per heavy atom. The van der Waals surface area contributed by atoms with Crippen molar-refractivity contribution in [2.45, 2.75) is 19.3 Å². The van der Waals surface area contributed by atoms with Crippen molar-refractivity contribution in [2.24, 2.45) is 0 Å². The highest BCUT2D eigenvalue weighted by Crippen LogP contribution is 2.16. The van der Waals surface area contributed by atoms with Gasteiger partial charge in [-0.1, -0.05) is 0 Å². The zero-order valence-corrected chi connectivity index (χ0v) is 13.2. The summed E-state index contributed by atoms with van der Waals surface area (Å²) in [7, 11) is 0. The maximum absolute atomic E-state index is 12.1. The van der Waals surface area contributed by atoms with E-state index < -0.39 is 0 Å². The molecule has 1 aromatic carbocycles. The topological polar surface area (TPSA) is 83.8 Å². The summed E-state index contributed by atoms with van der Waals surface area (Å²) in [5, 5.41) is 6.85. The molecule has 3 amide bonds. The maximum atomic E-state index is 12.1. The van der Waals surface area contributed by atoms with Crippen LogP contribution < -0.4 is 10.6 Å². The minimum absolute atomic E-state index is 0.241. The predicted molar refractivity (Wildman–Crippen MR) is 88.6 cm³/mol. The predicted octanol–water partition coefficient (Wildman–Crippen LogP) is 3.48. The molecule has 2 N–H and O–H groups in total. The molecule has 24 heavy (non-hydrogen) atoms. The number of benzene rings is 1. The minimum atomic E-state index is -0.324. The van der Waals surface area contributed by atoms with Crippen molar-refractivity contribution in [3.63, 3.8) is 0 Å². The first-order chi connectivity index (χ1) is 11.7. The number of hydrogen-bond acceptors (Lipinski definition) is 4. The monoisotopic (exact) mass is 329 g/mol. The lowest BCUT2D eigenvalue weighted by atomic mass is 10.2. The van der Waals surface area contributed by atoms with Crippen molar-refractivity contribution >= 4 is 23.3 Å². The highest BCUT2D eigenvalue weighted by molar-refractivity contribution is 6.02. The molecule has 0 spiro atoms. The third-order valence-corrected chi connectivity index (χ3v) is 3.62. The molecule has 1 aliphatic heterocycles. The lowest BCUT2D eigenvalue weighted by Crippen LogP contribution is -2.35. The van der Waals surface area contributed by atoms with Gasteiger partial charge in [0.2, 0.25) is 0 Å². The van der Waals surface area contributed by atoms with Crippen LogP contribution in [0.1, 0.15) is 29.8 Å². The summed E-state index contributed by atoms with van der Waals surface area (Å²) in [4.78, 5) is 29.4. The van der Waals surface area contributed by atoms with Gasteiger partial charge in [-0.2, -0.15) is 0 Å². The quantitative estimate of drug-likeness (QED) is 0.903. The van der Waals surface area contributed by atoms with Gasteiger partial charge in [0.15, 0.2) is 5.76 Å². The largest absolute Gasteiger partial charge is 0.459 e. The van der Waals surface area contributed by atoms with Crippen molar-refractivity contribution in [1.29, 1.82) is 0 Å². The molecule has 0 unspecified atom stereocenters. The van der Waals surface area contributed by atoms with Crippen molar-refractivity contribution in [2.75, 3.05) is 23.8 Å². The molecule has 0 saturated carbocycles. The number of amides is 3. The van der Waals surface area contributed by atoms with E-state index in [2.05, 4.69) is 10.6 Å². The number of furan rings is 1. The zero-order valence-electron chi connectivity index (χ0n) is 13.2.